The summed E-state index contributed by atoms with van der Waals surface area (Å²) in [5.41, 5.74) is 1.42. The molecule has 18 heavy (non-hydrogen) atoms. The highest BCUT2D eigenvalue weighted by atomic mass is 19.4. The number of para-hydroxylation sites is 2. The number of halogens is 3. The second kappa shape index (κ2) is 4.61. The molecular formula is C12H13F3N2O. The van der Waals surface area contributed by atoms with Gasteiger partial charge in [0, 0.05) is 13.0 Å². The summed E-state index contributed by atoms with van der Waals surface area (Å²) in [5.74, 6) is 0.253. The Morgan fingerprint density at radius 2 is 2.00 bits per heavy atom. The van der Waals surface area contributed by atoms with Gasteiger partial charge in [-0.2, -0.15) is 13.2 Å². The van der Waals surface area contributed by atoms with Gasteiger partial charge in [0.2, 0.25) is 0 Å². The second-order valence-corrected chi connectivity index (χ2v) is 4.02. The lowest BCUT2D eigenvalue weighted by atomic mass is 10.2. The number of aliphatic hydroxyl groups is 1. The maximum absolute atomic E-state index is 12.3. The van der Waals surface area contributed by atoms with Crippen LogP contribution in [0.25, 0.3) is 11.0 Å². The van der Waals surface area contributed by atoms with Gasteiger partial charge in [0.05, 0.1) is 11.0 Å². The van der Waals surface area contributed by atoms with Crippen molar-refractivity contribution in [1.29, 1.82) is 0 Å². The van der Waals surface area contributed by atoms with Crippen molar-refractivity contribution in [1.82, 2.24) is 9.55 Å². The van der Waals surface area contributed by atoms with Gasteiger partial charge in [-0.15, -0.1) is 0 Å². The van der Waals surface area contributed by atoms with Crippen LogP contribution in [0.2, 0.25) is 0 Å². The van der Waals surface area contributed by atoms with Gasteiger partial charge in [0.1, 0.15) is 5.82 Å². The summed E-state index contributed by atoms with van der Waals surface area (Å²) in [6.45, 7) is 2.35. The van der Waals surface area contributed by atoms with E-state index in [2.05, 4.69) is 4.98 Å². The number of nitrogens with zero attached hydrogens (tertiary/aromatic N) is 2. The van der Waals surface area contributed by atoms with Gasteiger partial charge < -0.3 is 9.67 Å². The summed E-state index contributed by atoms with van der Waals surface area (Å²) in [4.78, 5) is 4.14. The van der Waals surface area contributed by atoms with Crippen molar-refractivity contribution in [3.8, 4) is 0 Å². The summed E-state index contributed by atoms with van der Waals surface area (Å²) in [7, 11) is 0. The van der Waals surface area contributed by atoms with Crippen LogP contribution in [-0.2, 0) is 13.0 Å². The maximum Gasteiger partial charge on any atom is 0.414 e. The molecule has 0 spiro atoms. The molecule has 0 bridgehead atoms. The van der Waals surface area contributed by atoms with Gasteiger partial charge in [-0.25, -0.2) is 4.98 Å². The quantitative estimate of drug-likeness (QED) is 0.918. The zero-order chi connectivity index (χ0) is 13.3. The Balaban J connectivity index is 2.39. The second-order valence-electron chi connectivity index (χ2n) is 4.02. The highest BCUT2D eigenvalue weighted by Gasteiger charge is 2.39. The van der Waals surface area contributed by atoms with Gasteiger partial charge in [-0.05, 0) is 19.1 Å². The van der Waals surface area contributed by atoms with Crippen molar-refractivity contribution in [2.24, 2.45) is 0 Å². The molecule has 0 aliphatic carbocycles. The Kier molecular flexibility index (Phi) is 3.30. The van der Waals surface area contributed by atoms with Crippen LogP contribution in [0.3, 0.4) is 0 Å². The molecule has 0 aliphatic heterocycles. The molecule has 0 saturated carbocycles. The van der Waals surface area contributed by atoms with Gasteiger partial charge >= 0.3 is 6.18 Å². The molecule has 2 aromatic rings. The fraction of sp³-hybridized carbons (Fsp3) is 0.417. The first-order valence-electron chi connectivity index (χ1n) is 5.62. The number of aromatic nitrogens is 2. The molecule has 1 atom stereocenters. The van der Waals surface area contributed by atoms with Crippen LogP contribution >= 0.6 is 0 Å². The number of hydrogen-bond acceptors (Lipinski definition) is 2. The van der Waals surface area contributed by atoms with E-state index in [1.165, 1.54) is 0 Å². The smallest absolute Gasteiger partial charge is 0.383 e. The molecule has 0 saturated heterocycles. The number of aliphatic hydroxyl groups excluding tert-OH is 1. The molecule has 98 valence electrons. The van der Waals surface area contributed by atoms with E-state index in [9.17, 15) is 13.2 Å². The maximum atomic E-state index is 12.3. The van der Waals surface area contributed by atoms with Crippen molar-refractivity contribution in [3.05, 3.63) is 30.1 Å². The van der Waals surface area contributed by atoms with E-state index in [4.69, 9.17) is 5.11 Å². The highest BCUT2D eigenvalue weighted by molar-refractivity contribution is 5.75. The van der Waals surface area contributed by atoms with E-state index >= 15 is 0 Å². The van der Waals surface area contributed by atoms with Crippen LogP contribution in [0.1, 0.15) is 12.7 Å². The van der Waals surface area contributed by atoms with E-state index in [1.54, 1.807) is 28.8 Å². The molecule has 1 heterocycles. The van der Waals surface area contributed by atoms with Crippen LogP contribution in [-0.4, -0.2) is 26.9 Å². The molecule has 0 aliphatic rings. The molecule has 0 unspecified atom stereocenters. The molecule has 1 aromatic heterocycles. The predicted octanol–water partition coefficient (Wildman–Crippen LogP) is 2.52. The van der Waals surface area contributed by atoms with E-state index in [0.29, 0.717) is 12.1 Å². The van der Waals surface area contributed by atoms with Crippen molar-refractivity contribution in [3.63, 3.8) is 0 Å². The Labute approximate surface area is 102 Å². The minimum absolute atomic E-state index is 0.253. The molecule has 1 N–H and O–H groups in total. The standard InChI is InChI=1S/C12H13F3N2O/c1-2-17-9-6-4-3-5-8(9)16-11(17)7-10(18)12(13,14)15/h3-6,10,18H,2,7H2,1H3/t10-/m1/s1. The molecular weight excluding hydrogens is 245 g/mol. The van der Waals surface area contributed by atoms with Crippen LogP contribution in [0.5, 0.6) is 0 Å². The minimum Gasteiger partial charge on any atom is -0.383 e. The van der Waals surface area contributed by atoms with Crippen LogP contribution in [0, 0.1) is 0 Å². The molecule has 6 heteroatoms. The van der Waals surface area contributed by atoms with Crippen molar-refractivity contribution >= 4 is 11.0 Å². The highest BCUT2D eigenvalue weighted by Crippen LogP contribution is 2.24. The first kappa shape index (κ1) is 12.9. The summed E-state index contributed by atoms with van der Waals surface area (Å²) < 4.78 is 38.7. The molecule has 0 amide bonds. The zero-order valence-electron chi connectivity index (χ0n) is 9.78. The van der Waals surface area contributed by atoms with Crippen LogP contribution < -0.4 is 0 Å². The van der Waals surface area contributed by atoms with Crippen LogP contribution in [0.4, 0.5) is 13.2 Å². The largest absolute Gasteiger partial charge is 0.414 e. The number of imidazole rings is 1. The minimum atomic E-state index is -4.61. The van der Waals surface area contributed by atoms with Gasteiger partial charge in [-0.3, -0.25) is 0 Å². The monoisotopic (exact) mass is 258 g/mol. The van der Waals surface area contributed by atoms with Crippen molar-refractivity contribution in [2.75, 3.05) is 0 Å². The van der Waals surface area contributed by atoms with Gasteiger partial charge in [0.15, 0.2) is 6.10 Å². The lowest BCUT2D eigenvalue weighted by Gasteiger charge is -2.14. The van der Waals surface area contributed by atoms with Crippen molar-refractivity contribution in [2.45, 2.75) is 32.2 Å². The normalized spacial score (nSPS) is 14.1. The third-order valence-electron chi connectivity index (χ3n) is 2.80. The van der Waals surface area contributed by atoms with Gasteiger partial charge in [0.25, 0.3) is 0 Å². The fourth-order valence-electron chi connectivity index (χ4n) is 1.92. The summed E-state index contributed by atoms with van der Waals surface area (Å²) in [6.07, 6.45) is -7.51. The van der Waals surface area contributed by atoms with E-state index in [0.717, 1.165) is 5.52 Å². The third kappa shape index (κ3) is 2.33. The average molecular weight is 258 g/mol. The number of benzene rings is 1. The molecule has 0 fully saturated rings. The van der Waals surface area contributed by atoms with Crippen molar-refractivity contribution < 1.29 is 18.3 Å². The molecule has 0 radical (unpaired) electrons. The fourth-order valence-corrected chi connectivity index (χ4v) is 1.92. The Morgan fingerprint density at radius 1 is 1.33 bits per heavy atom. The van der Waals surface area contributed by atoms with Crippen LogP contribution in [0.15, 0.2) is 24.3 Å². The summed E-state index contributed by atoms with van der Waals surface area (Å²) in [5, 5.41) is 9.11. The summed E-state index contributed by atoms with van der Waals surface area (Å²) in [6, 6.07) is 7.12. The first-order chi connectivity index (χ1) is 8.43. The zero-order valence-corrected chi connectivity index (χ0v) is 9.78. The third-order valence-corrected chi connectivity index (χ3v) is 2.80. The van der Waals surface area contributed by atoms with Gasteiger partial charge in [-0.1, -0.05) is 12.1 Å². The Morgan fingerprint density at radius 3 is 2.61 bits per heavy atom. The lowest BCUT2D eigenvalue weighted by molar-refractivity contribution is -0.203. The number of aryl methyl sites for hydroxylation is 1. The molecule has 3 nitrogen and oxygen atoms in total. The topological polar surface area (TPSA) is 38.0 Å². The predicted molar refractivity (Wildman–Crippen MR) is 61.2 cm³/mol. The molecule has 1 aromatic carbocycles. The number of alkyl halides is 3. The number of fused-ring (bicyclic) bond motifs is 1. The Hall–Kier alpha value is -1.56. The Bertz CT molecular complexity index is 548. The summed E-state index contributed by atoms with van der Waals surface area (Å²) >= 11 is 0. The van der Waals surface area contributed by atoms with E-state index in [-0.39, 0.29) is 5.82 Å². The van der Waals surface area contributed by atoms with E-state index < -0.39 is 18.7 Å². The average Bonchev–Trinajstić information content (AvgIpc) is 2.64. The SMILES string of the molecule is CCn1c(C[C@@H](O)C(F)(F)F)nc2ccccc21. The van der Waals surface area contributed by atoms with E-state index in [1.807, 2.05) is 6.92 Å². The lowest BCUT2D eigenvalue weighted by Crippen LogP contribution is -2.31. The molecule has 2 rings (SSSR count). The number of hydrogen-bond donors (Lipinski definition) is 1. The number of rotatable bonds is 3. The first-order valence-corrected chi connectivity index (χ1v) is 5.62.